The summed E-state index contributed by atoms with van der Waals surface area (Å²) in [5.41, 5.74) is 0.766. The number of aromatic nitrogens is 1. The molecule has 5 heteroatoms. The Kier molecular flexibility index (Phi) is 5.40. The summed E-state index contributed by atoms with van der Waals surface area (Å²) in [6, 6.07) is 0. The summed E-state index contributed by atoms with van der Waals surface area (Å²) in [7, 11) is 0. The zero-order valence-corrected chi connectivity index (χ0v) is 13.2. The van der Waals surface area contributed by atoms with Crippen LogP contribution in [0.2, 0.25) is 0 Å². The van der Waals surface area contributed by atoms with Crippen LogP contribution < -0.4 is 4.90 Å². The lowest BCUT2D eigenvalue weighted by Gasteiger charge is -2.23. The monoisotopic (exact) mass is 296 g/mol. The number of thiazole rings is 1. The molecule has 1 fully saturated rings. The molecule has 1 saturated heterocycles. The minimum Gasteiger partial charge on any atom is -0.477 e. The second-order valence-corrected chi connectivity index (χ2v) is 6.56. The summed E-state index contributed by atoms with van der Waals surface area (Å²) in [6.07, 6.45) is 7.15. The molecule has 0 radical (unpaired) electrons. The van der Waals surface area contributed by atoms with Crippen LogP contribution in [0.15, 0.2) is 0 Å². The van der Waals surface area contributed by atoms with Crippen molar-refractivity contribution < 1.29 is 9.90 Å². The van der Waals surface area contributed by atoms with Gasteiger partial charge in [0, 0.05) is 13.1 Å². The molecule has 0 bridgehead atoms. The number of carboxylic acids is 1. The van der Waals surface area contributed by atoms with Gasteiger partial charge < -0.3 is 10.0 Å². The Morgan fingerprint density at radius 1 is 1.30 bits per heavy atom. The molecule has 1 aliphatic heterocycles. The first-order chi connectivity index (χ1) is 9.63. The van der Waals surface area contributed by atoms with Gasteiger partial charge in [-0.2, -0.15) is 0 Å². The quantitative estimate of drug-likeness (QED) is 0.908. The smallest absolute Gasteiger partial charge is 0.347 e. The molecule has 112 valence electrons. The van der Waals surface area contributed by atoms with Crippen molar-refractivity contribution in [2.75, 3.05) is 18.0 Å². The number of hydrogen-bond acceptors (Lipinski definition) is 4. The lowest BCUT2D eigenvalue weighted by Crippen LogP contribution is -2.26. The van der Waals surface area contributed by atoms with E-state index in [9.17, 15) is 9.90 Å². The molecule has 1 aromatic heterocycles. The third kappa shape index (κ3) is 3.51. The van der Waals surface area contributed by atoms with Crippen molar-refractivity contribution in [2.24, 2.45) is 0 Å². The van der Waals surface area contributed by atoms with E-state index in [1.54, 1.807) is 0 Å². The molecule has 4 nitrogen and oxygen atoms in total. The molecule has 0 amide bonds. The fourth-order valence-corrected chi connectivity index (χ4v) is 3.65. The average Bonchev–Trinajstić information content (AvgIpc) is 2.82. The van der Waals surface area contributed by atoms with E-state index in [2.05, 4.69) is 23.7 Å². The van der Waals surface area contributed by atoms with Gasteiger partial charge in [0.15, 0.2) is 5.13 Å². The van der Waals surface area contributed by atoms with Crippen LogP contribution in [0.5, 0.6) is 0 Å². The molecule has 20 heavy (non-hydrogen) atoms. The van der Waals surface area contributed by atoms with Crippen LogP contribution in [-0.2, 0) is 0 Å². The second kappa shape index (κ2) is 7.07. The molecule has 0 aromatic carbocycles. The van der Waals surface area contributed by atoms with Crippen molar-refractivity contribution in [1.82, 2.24) is 4.98 Å². The maximum absolute atomic E-state index is 11.4. The van der Waals surface area contributed by atoms with Gasteiger partial charge >= 0.3 is 5.97 Å². The minimum absolute atomic E-state index is 0.209. The predicted molar refractivity (Wildman–Crippen MR) is 83.1 cm³/mol. The Labute approximate surface area is 124 Å². The number of hydrogen-bond donors (Lipinski definition) is 1. The summed E-state index contributed by atoms with van der Waals surface area (Å²) < 4.78 is 0. The van der Waals surface area contributed by atoms with E-state index >= 15 is 0 Å². The second-order valence-electron chi connectivity index (χ2n) is 5.58. The molecule has 1 aliphatic rings. The molecule has 2 heterocycles. The predicted octanol–water partition coefficient (Wildman–Crippen LogP) is 4.13. The Bertz CT molecular complexity index is 451. The average molecular weight is 296 g/mol. The van der Waals surface area contributed by atoms with E-state index in [-0.39, 0.29) is 5.92 Å². The van der Waals surface area contributed by atoms with E-state index in [4.69, 9.17) is 0 Å². The summed E-state index contributed by atoms with van der Waals surface area (Å²) in [5, 5.41) is 10.3. The zero-order chi connectivity index (χ0) is 14.5. The maximum Gasteiger partial charge on any atom is 0.347 e. The number of carboxylic acid groups (broad SMARTS) is 1. The summed E-state index contributed by atoms with van der Waals surface area (Å²) in [6.45, 7) is 6.14. The normalized spacial score (nSPS) is 18.4. The van der Waals surface area contributed by atoms with Crippen LogP contribution in [0, 0.1) is 0 Å². The number of anilines is 1. The van der Waals surface area contributed by atoms with Crippen molar-refractivity contribution in [1.29, 1.82) is 0 Å². The minimum atomic E-state index is -0.837. The molecule has 1 N–H and O–H groups in total. The number of carbonyl (C=O) groups is 1. The Morgan fingerprint density at radius 3 is 2.45 bits per heavy atom. The van der Waals surface area contributed by atoms with Crippen LogP contribution in [0.1, 0.15) is 73.7 Å². The standard InChI is InChI=1S/C15H24N2O2S/c1-3-11(2)12-13(14(18)19)20-15(16-12)17-9-7-5-4-6-8-10-17/h11H,3-10H2,1-2H3,(H,18,19). The van der Waals surface area contributed by atoms with Crippen LogP contribution in [0.25, 0.3) is 0 Å². The molecule has 0 saturated carbocycles. The lowest BCUT2D eigenvalue weighted by atomic mass is 10.0. The van der Waals surface area contributed by atoms with Gasteiger partial charge in [-0.25, -0.2) is 9.78 Å². The van der Waals surface area contributed by atoms with Crippen LogP contribution in [-0.4, -0.2) is 29.1 Å². The highest BCUT2D eigenvalue weighted by molar-refractivity contribution is 7.17. The summed E-state index contributed by atoms with van der Waals surface area (Å²) in [5.74, 6) is -0.628. The van der Waals surface area contributed by atoms with Gasteiger partial charge in [0.2, 0.25) is 0 Å². The molecule has 0 aliphatic carbocycles. The first-order valence-corrected chi connectivity index (χ1v) is 8.44. The van der Waals surface area contributed by atoms with E-state index in [0.717, 1.165) is 30.3 Å². The number of rotatable bonds is 4. The largest absolute Gasteiger partial charge is 0.477 e. The first kappa shape index (κ1) is 15.3. The van der Waals surface area contributed by atoms with E-state index in [0.29, 0.717) is 4.88 Å². The molecular formula is C15H24N2O2S. The number of nitrogens with zero attached hydrogens (tertiary/aromatic N) is 2. The van der Waals surface area contributed by atoms with Gasteiger partial charge in [0.1, 0.15) is 4.88 Å². The molecule has 1 unspecified atom stereocenters. The summed E-state index contributed by atoms with van der Waals surface area (Å²) >= 11 is 1.35. The molecule has 0 spiro atoms. The van der Waals surface area contributed by atoms with E-state index in [1.165, 1.54) is 43.4 Å². The lowest BCUT2D eigenvalue weighted by molar-refractivity contribution is 0.0700. The molecular weight excluding hydrogens is 272 g/mol. The SMILES string of the molecule is CCC(C)c1nc(N2CCCCCCC2)sc1C(=O)O. The van der Waals surface area contributed by atoms with Crippen LogP contribution in [0.4, 0.5) is 5.13 Å². The third-order valence-corrected chi connectivity index (χ3v) is 5.16. The van der Waals surface area contributed by atoms with Gasteiger partial charge in [-0.05, 0) is 25.2 Å². The van der Waals surface area contributed by atoms with Gasteiger partial charge in [0.25, 0.3) is 0 Å². The Hall–Kier alpha value is -1.10. The van der Waals surface area contributed by atoms with Gasteiger partial charge in [-0.1, -0.05) is 44.4 Å². The molecule has 1 atom stereocenters. The van der Waals surface area contributed by atoms with Gasteiger partial charge in [-0.3, -0.25) is 0 Å². The highest BCUT2D eigenvalue weighted by Crippen LogP contribution is 2.33. The highest BCUT2D eigenvalue weighted by Gasteiger charge is 2.23. The third-order valence-electron chi connectivity index (χ3n) is 4.04. The number of aromatic carboxylic acids is 1. The Balaban J connectivity index is 2.24. The van der Waals surface area contributed by atoms with Gasteiger partial charge in [0.05, 0.1) is 5.69 Å². The fraction of sp³-hybridized carbons (Fsp3) is 0.733. The first-order valence-electron chi connectivity index (χ1n) is 7.62. The van der Waals surface area contributed by atoms with Crippen molar-refractivity contribution in [3.05, 3.63) is 10.6 Å². The van der Waals surface area contributed by atoms with Gasteiger partial charge in [-0.15, -0.1) is 0 Å². The molecule has 1 aromatic rings. The zero-order valence-electron chi connectivity index (χ0n) is 12.4. The topological polar surface area (TPSA) is 53.4 Å². The van der Waals surface area contributed by atoms with Crippen LogP contribution >= 0.6 is 11.3 Å². The van der Waals surface area contributed by atoms with Crippen molar-refractivity contribution in [3.63, 3.8) is 0 Å². The maximum atomic E-state index is 11.4. The van der Waals surface area contributed by atoms with Crippen LogP contribution in [0.3, 0.4) is 0 Å². The summed E-state index contributed by atoms with van der Waals surface area (Å²) in [4.78, 5) is 18.8. The highest BCUT2D eigenvalue weighted by atomic mass is 32.1. The van der Waals surface area contributed by atoms with E-state index < -0.39 is 5.97 Å². The van der Waals surface area contributed by atoms with Crippen molar-refractivity contribution >= 4 is 22.4 Å². The van der Waals surface area contributed by atoms with E-state index in [1.807, 2.05) is 0 Å². The Morgan fingerprint density at radius 2 is 1.90 bits per heavy atom. The molecule has 2 rings (SSSR count). The van der Waals surface area contributed by atoms with Crippen molar-refractivity contribution in [3.8, 4) is 0 Å². The van der Waals surface area contributed by atoms with Crippen molar-refractivity contribution in [2.45, 2.75) is 58.3 Å². The fourth-order valence-electron chi connectivity index (χ4n) is 2.57.